The Kier molecular flexibility index (Phi) is 1.99. The Bertz CT molecular complexity index is 316. The van der Waals surface area contributed by atoms with Gasteiger partial charge in [-0.1, -0.05) is 5.21 Å². The number of hydrogen-bond donors (Lipinski definition) is 1. The maximum absolute atomic E-state index is 5.10. The molecule has 2 heterocycles. The Balaban J connectivity index is 1.58. The lowest BCUT2D eigenvalue weighted by atomic mass is 10.3. The molecule has 1 saturated heterocycles. The van der Waals surface area contributed by atoms with E-state index >= 15 is 0 Å². The van der Waals surface area contributed by atoms with E-state index in [4.69, 9.17) is 4.74 Å². The van der Waals surface area contributed by atoms with Crippen LogP contribution in [0.15, 0.2) is 6.20 Å². The van der Waals surface area contributed by atoms with Crippen LogP contribution in [-0.4, -0.2) is 34.2 Å². The van der Waals surface area contributed by atoms with Gasteiger partial charge in [0.15, 0.2) is 0 Å². The summed E-state index contributed by atoms with van der Waals surface area (Å²) in [6, 6.07) is 1.14. The highest BCUT2D eigenvalue weighted by molar-refractivity contribution is 4.95. The summed E-state index contributed by atoms with van der Waals surface area (Å²) in [4.78, 5) is 0. The second kappa shape index (κ2) is 3.33. The van der Waals surface area contributed by atoms with Crippen molar-refractivity contribution in [3.8, 4) is 0 Å². The molecule has 0 radical (unpaired) electrons. The van der Waals surface area contributed by atoms with Crippen molar-refractivity contribution in [1.29, 1.82) is 0 Å². The van der Waals surface area contributed by atoms with E-state index in [2.05, 4.69) is 15.6 Å². The summed E-state index contributed by atoms with van der Waals surface area (Å²) < 4.78 is 7.01. The third-order valence-corrected chi connectivity index (χ3v) is 2.70. The van der Waals surface area contributed by atoms with Crippen LogP contribution in [0.3, 0.4) is 0 Å². The lowest BCUT2D eigenvalue weighted by Crippen LogP contribution is -2.31. The SMILES string of the molecule is c1c(CNC2CC2)nnn1C1COC1. The molecule has 2 aliphatic rings. The van der Waals surface area contributed by atoms with Crippen molar-refractivity contribution in [1.82, 2.24) is 20.3 Å². The number of hydrogen-bond acceptors (Lipinski definition) is 4. The topological polar surface area (TPSA) is 52.0 Å². The number of nitrogens with one attached hydrogen (secondary N) is 1. The molecule has 2 fully saturated rings. The van der Waals surface area contributed by atoms with Crippen molar-refractivity contribution in [2.45, 2.75) is 31.5 Å². The van der Waals surface area contributed by atoms with Crippen molar-refractivity contribution in [2.75, 3.05) is 13.2 Å². The Morgan fingerprint density at radius 1 is 1.50 bits per heavy atom. The van der Waals surface area contributed by atoms with Crippen LogP contribution in [0.5, 0.6) is 0 Å². The Hall–Kier alpha value is -0.940. The molecule has 14 heavy (non-hydrogen) atoms. The van der Waals surface area contributed by atoms with E-state index in [1.54, 1.807) is 0 Å². The molecule has 1 aliphatic carbocycles. The molecule has 3 rings (SSSR count). The van der Waals surface area contributed by atoms with Crippen molar-refractivity contribution in [3.05, 3.63) is 11.9 Å². The molecular formula is C9H14N4O. The molecule has 0 unspecified atom stereocenters. The van der Waals surface area contributed by atoms with Gasteiger partial charge in [0.05, 0.1) is 25.1 Å². The van der Waals surface area contributed by atoms with Gasteiger partial charge in [0.25, 0.3) is 0 Å². The lowest BCUT2D eigenvalue weighted by Gasteiger charge is -2.25. The van der Waals surface area contributed by atoms with E-state index in [0.29, 0.717) is 6.04 Å². The average Bonchev–Trinajstić information content (AvgIpc) is 2.82. The third kappa shape index (κ3) is 1.65. The summed E-state index contributed by atoms with van der Waals surface area (Å²) >= 11 is 0. The fraction of sp³-hybridized carbons (Fsp3) is 0.778. The third-order valence-electron chi connectivity index (χ3n) is 2.70. The molecule has 1 saturated carbocycles. The first kappa shape index (κ1) is 8.38. The zero-order chi connectivity index (χ0) is 9.38. The minimum Gasteiger partial charge on any atom is -0.377 e. The summed E-state index contributed by atoms with van der Waals surface area (Å²) in [6.45, 7) is 2.40. The van der Waals surface area contributed by atoms with Gasteiger partial charge >= 0.3 is 0 Å². The van der Waals surface area contributed by atoms with Gasteiger partial charge in [0.2, 0.25) is 0 Å². The van der Waals surface area contributed by atoms with Crippen molar-refractivity contribution < 1.29 is 4.74 Å². The second-order valence-corrected chi connectivity index (χ2v) is 4.04. The van der Waals surface area contributed by atoms with Gasteiger partial charge in [-0.05, 0) is 12.8 Å². The second-order valence-electron chi connectivity index (χ2n) is 4.04. The van der Waals surface area contributed by atoms with Gasteiger partial charge in [-0.15, -0.1) is 5.10 Å². The molecule has 0 aromatic carbocycles. The summed E-state index contributed by atoms with van der Waals surface area (Å²) in [5.74, 6) is 0. The first-order valence-electron chi connectivity index (χ1n) is 5.13. The molecule has 5 heteroatoms. The molecule has 0 bridgehead atoms. The maximum atomic E-state index is 5.10. The quantitative estimate of drug-likeness (QED) is 0.738. The summed E-state index contributed by atoms with van der Waals surface area (Å²) in [5, 5.41) is 11.6. The van der Waals surface area contributed by atoms with Crippen molar-refractivity contribution >= 4 is 0 Å². The van der Waals surface area contributed by atoms with Crippen LogP contribution in [0, 0.1) is 0 Å². The summed E-state index contributed by atoms with van der Waals surface area (Å²) in [5.41, 5.74) is 1.03. The molecule has 1 aromatic heterocycles. The van der Waals surface area contributed by atoms with Crippen LogP contribution in [-0.2, 0) is 11.3 Å². The van der Waals surface area contributed by atoms with E-state index in [9.17, 15) is 0 Å². The Labute approximate surface area is 82.4 Å². The van der Waals surface area contributed by atoms with Crippen LogP contribution in [0.1, 0.15) is 24.6 Å². The largest absolute Gasteiger partial charge is 0.377 e. The molecule has 0 spiro atoms. The fourth-order valence-corrected chi connectivity index (χ4v) is 1.49. The first-order valence-corrected chi connectivity index (χ1v) is 5.13. The minimum absolute atomic E-state index is 0.414. The maximum Gasteiger partial charge on any atom is 0.100 e. The normalized spacial score (nSPS) is 22.3. The Morgan fingerprint density at radius 3 is 3.00 bits per heavy atom. The highest BCUT2D eigenvalue weighted by Crippen LogP contribution is 2.19. The van der Waals surface area contributed by atoms with Crippen LogP contribution < -0.4 is 5.32 Å². The van der Waals surface area contributed by atoms with Crippen molar-refractivity contribution in [3.63, 3.8) is 0 Å². The van der Waals surface area contributed by atoms with E-state index in [1.165, 1.54) is 12.8 Å². The highest BCUT2D eigenvalue weighted by atomic mass is 16.5. The molecule has 76 valence electrons. The van der Waals surface area contributed by atoms with Gasteiger partial charge in [-0.25, -0.2) is 4.68 Å². The Morgan fingerprint density at radius 2 is 2.36 bits per heavy atom. The fourth-order valence-electron chi connectivity index (χ4n) is 1.49. The van der Waals surface area contributed by atoms with Crippen LogP contribution in [0.25, 0.3) is 0 Å². The molecule has 0 atom stereocenters. The van der Waals surface area contributed by atoms with Gasteiger partial charge in [-0.3, -0.25) is 0 Å². The summed E-state index contributed by atoms with van der Waals surface area (Å²) in [7, 11) is 0. The molecule has 1 aromatic rings. The standard InChI is InChI=1S/C9H14N4O/c1-2-7(1)10-3-8-4-13(12-11-8)9-5-14-6-9/h4,7,9-10H,1-3,5-6H2. The molecule has 0 amide bonds. The minimum atomic E-state index is 0.414. The van der Waals surface area contributed by atoms with Gasteiger partial charge in [-0.2, -0.15) is 0 Å². The average molecular weight is 194 g/mol. The highest BCUT2D eigenvalue weighted by Gasteiger charge is 2.23. The molecule has 1 aliphatic heterocycles. The first-order chi connectivity index (χ1) is 6.92. The lowest BCUT2D eigenvalue weighted by molar-refractivity contribution is -0.0293. The zero-order valence-corrected chi connectivity index (χ0v) is 8.02. The van der Waals surface area contributed by atoms with E-state index in [0.717, 1.165) is 31.5 Å². The van der Waals surface area contributed by atoms with Crippen LogP contribution in [0.2, 0.25) is 0 Å². The number of nitrogens with zero attached hydrogens (tertiary/aromatic N) is 3. The van der Waals surface area contributed by atoms with Gasteiger partial charge in [0.1, 0.15) is 6.04 Å². The van der Waals surface area contributed by atoms with Gasteiger partial charge in [0, 0.05) is 12.6 Å². The van der Waals surface area contributed by atoms with E-state index < -0.39 is 0 Å². The summed E-state index contributed by atoms with van der Waals surface area (Å²) in [6.07, 6.45) is 4.64. The van der Waals surface area contributed by atoms with Crippen LogP contribution >= 0.6 is 0 Å². The number of ether oxygens (including phenoxy) is 1. The van der Waals surface area contributed by atoms with E-state index in [1.807, 2.05) is 10.9 Å². The smallest absolute Gasteiger partial charge is 0.100 e. The van der Waals surface area contributed by atoms with Crippen molar-refractivity contribution in [2.24, 2.45) is 0 Å². The molecular weight excluding hydrogens is 180 g/mol. The zero-order valence-electron chi connectivity index (χ0n) is 8.02. The number of aromatic nitrogens is 3. The number of rotatable bonds is 4. The molecule has 1 N–H and O–H groups in total. The van der Waals surface area contributed by atoms with Crippen LogP contribution in [0.4, 0.5) is 0 Å². The molecule has 5 nitrogen and oxygen atoms in total. The predicted octanol–water partition coefficient (Wildman–Crippen LogP) is 0.101. The van der Waals surface area contributed by atoms with E-state index in [-0.39, 0.29) is 0 Å². The monoisotopic (exact) mass is 194 g/mol. The predicted molar refractivity (Wildman–Crippen MR) is 49.7 cm³/mol. The van der Waals surface area contributed by atoms with Gasteiger partial charge < -0.3 is 10.1 Å².